The van der Waals surface area contributed by atoms with Crippen LogP contribution in [-0.2, 0) is 41.3 Å². The Bertz CT molecular complexity index is 1980. The number of hydrogen-bond donors (Lipinski definition) is 3. The molecular formula is C33H27F3N5O5S+. The van der Waals surface area contributed by atoms with E-state index in [0.29, 0.717) is 34.5 Å². The highest BCUT2D eigenvalue weighted by Crippen LogP contribution is 2.31. The number of anilines is 2. The number of nitrogens with zero attached hydrogens (tertiary/aromatic N) is 2. The molecule has 1 aliphatic heterocycles. The summed E-state index contributed by atoms with van der Waals surface area (Å²) in [5, 5.41) is 7.13. The van der Waals surface area contributed by atoms with Crippen LogP contribution in [0.2, 0.25) is 0 Å². The molecule has 0 spiro atoms. The van der Waals surface area contributed by atoms with Crippen LogP contribution < -0.4 is 25.4 Å². The lowest BCUT2D eigenvalue weighted by Gasteiger charge is -2.12. The van der Waals surface area contributed by atoms with E-state index < -0.39 is 28.7 Å². The molecule has 3 N–H and O–H groups in total. The maximum atomic E-state index is 13.0. The Morgan fingerprint density at radius 1 is 0.915 bits per heavy atom. The van der Waals surface area contributed by atoms with E-state index in [0.717, 1.165) is 28.7 Å². The van der Waals surface area contributed by atoms with Gasteiger partial charge in [-0.3, -0.25) is 4.79 Å². The number of carbonyl (C=O) groups is 3. The first-order valence-corrected chi connectivity index (χ1v) is 15.8. The average Bonchev–Trinajstić information content (AvgIpc) is 3.52. The molecule has 240 valence electrons. The molecule has 0 aliphatic carbocycles. The van der Waals surface area contributed by atoms with Gasteiger partial charge >= 0.3 is 17.4 Å². The van der Waals surface area contributed by atoms with E-state index in [2.05, 4.69) is 20.9 Å². The first-order chi connectivity index (χ1) is 22.5. The van der Waals surface area contributed by atoms with Crippen LogP contribution >= 0.6 is 0 Å². The van der Waals surface area contributed by atoms with E-state index in [4.69, 9.17) is 9.47 Å². The van der Waals surface area contributed by atoms with Gasteiger partial charge in [-0.1, -0.05) is 24.3 Å². The first kappa shape index (κ1) is 31.5. The number of alkyl halides is 3. The molecule has 4 amide bonds. The standard InChI is InChI=1S/C33H26F3N5O5S/c1-41-28-16-26(46-25-7-3-6-23(15-25)38-31(43)37-22-5-2-4-21(14-22)33(34,35)36)12-13-27(28)39-29(41)17-45-24-10-8-20(9-11-24)18-47-19-30(42)40-32(47)44/h2-16H,17-19H2,1H3,(H2-,37,38,40,42,43,44)/p+1. The Morgan fingerprint density at radius 3 is 2.30 bits per heavy atom. The number of fused-ring (bicyclic) bond motifs is 1. The molecule has 0 saturated carbocycles. The normalized spacial score (nSPS) is 14.6. The molecule has 1 saturated heterocycles. The SMILES string of the molecule is Cn1c(COc2ccc(C[S+]3CC(=O)NC3=O)cc2)nc2ccc(Oc3cccc(NC(=O)Nc4cccc(C(F)(F)F)c4)c3)cc21. The Hall–Kier alpha value is -5.50. The summed E-state index contributed by atoms with van der Waals surface area (Å²) in [5.41, 5.74) is 2.00. The molecule has 2 heterocycles. The summed E-state index contributed by atoms with van der Waals surface area (Å²) in [6.45, 7) is 0.207. The van der Waals surface area contributed by atoms with Gasteiger partial charge in [0.2, 0.25) is 0 Å². The molecule has 10 nitrogen and oxygen atoms in total. The molecule has 1 fully saturated rings. The number of hydrogen-bond acceptors (Lipinski definition) is 6. The van der Waals surface area contributed by atoms with Crippen molar-refractivity contribution in [2.75, 3.05) is 16.4 Å². The Kier molecular flexibility index (Phi) is 8.76. The predicted octanol–water partition coefficient (Wildman–Crippen LogP) is 6.98. The van der Waals surface area contributed by atoms with Crippen LogP contribution in [0.1, 0.15) is 17.0 Å². The molecule has 4 aromatic carbocycles. The molecule has 1 unspecified atom stereocenters. The fraction of sp³-hybridized carbons (Fsp3) is 0.152. The largest absolute Gasteiger partial charge is 0.486 e. The highest BCUT2D eigenvalue weighted by Gasteiger charge is 2.40. The minimum absolute atomic E-state index is 0.00284. The summed E-state index contributed by atoms with van der Waals surface area (Å²) in [6, 6.07) is 23.1. The van der Waals surface area contributed by atoms with Gasteiger partial charge in [-0.15, -0.1) is 0 Å². The van der Waals surface area contributed by atoms with Crippen molar-refractivity contribution >= 4 is 50.5 Å². The lowest BCUT2D eigenvalue weighted by molar-refractivity contribution is -0.137. The third kappa shape index (κ3) is 7.66. The van der Waals surface area contributed by atoms with E-state index in [9.17, 15) is 27.6 Å². The zero-order valence-electron chi connectivity index (χ0n) is 24.8. The molecule has 6 rings (SSSR count). The van der Waals surface area contributed by atoms with Crippen molar-refractivity contribution in [1.82, 2.24) is 14.9 Å². The molecule has 14 heteroatoms. The summed E-state index contributed by atoms with van der Waals surface area (Å²) in [5.74, 6) is 2.77. The van der Waals surface area contributed by atoms with Crippen molar-refractivity contribution in [3.05, 3.63) is 108 Å². The summed E-state index contributed by atoms with van der Waals surface area (Å²) >= 11 is 0. The van der Waals surface area contributed by atoms with E-state index >= 15 is 0 Å². The third-order valence-corrected chi connectivity index (χ3v) is 9.08. The van der Waals surface area contributed by atoms with Crippen LogP contribution in [0.4, 0.5) is 34.1 Å². The molecule has 47 heavy (non-hydrogen) atoms. The zero-order chi connectivity index (χ0) is 33.1. The molecule has 1 aromatic heterocycles. The molecule has 1 aliphatic rings. The van der Waals surface area contributed by atoms with Crippen molar-refractivity contribution in [3.63, 3.8) is 0 Å². The summed E-state index contributed by atoms with van der Waals surface area (Å²) in [6.07, 6.45) is -4.52. The Morgan fingerprint density at radius 2 is 1.60 bits per heavy atom. The number of nitrogens with one attached hydrogen (secondary N) is 3. The number of aryl methyl sites for hydroxylation is 1. The highest BCUT2D eigenvalue weighted by atomic mass is 32.2. The smallest absolute Gasteiger partial charge is 0.436 e. The zero-order valence-corrected chi connectivity index (χ0v) is 25.6. The minimum Gasteiger partial charge on any atom is -0.486 e. The van der Waals surface area contributed by atoms with Gasteiger partial charge in [0, 0.05) is 36.1 Å². The predicted molar refractivity (Wildman–Crippen MR) is 172 cm³/mol. The van der Waals surface area contributed by atoms with Crippen molar-refractivity contribution in [1.29, 1.82) is 0 Å². The minimum atomic E-state index is -4.52. The van der Waals surface area contributed by atoms with Crippen LogP contribution in [0.15, 0.2) is 91.0 Å². The fourth-order valence-corrected chi connectivity index (χ4v) is 6.45. The van der Waals surface area contributed by atoms with Gasteiger partial charge in [0.1, 0.15) is 35.4 Å². The molecule has 5 aromatic rings. The number of urea groups is 1. The molecule has 0 bridgehead atoms. The fourth-order valence-electron chi connectivity index (χ4n) is 4.85. The number of imidazole rings is 1. The van der Waals surface area contributed by atoms with Gasteiger partial charge in [0.25, 0.3) is 5.91 Å². The number of halogens is 3. The monoisotopic (exact) mass is 662 g/mol. The number of imide groups is 1. The van der Waals surface area contributed by atoms with Crippen molar-refractivity contribution in [2.24, 2.45) is 7.05 Å². The first-order valence-electron chi connectivity index (χ1n) is 14.2. The van der Waals surface area contributed by atoms with Gasteiger partial charge in [0.15, 0.2) is 5.75 Å². The average molecular weight is 663 g/mol. The van der Waals surface area contributed by atoms with Crippen LogP contribution in [0.5, 0.6) is 17.2 Å². The Balaban J connectivity index is 1.06. The van der Waals surface area contributed by atoms with Gasteiger partial charge in [-0.05, 0) is 54.6 Å². The van der Waals surface area contributed by atoms with Crippen LogP contribution in [0.25, 0.3) is 11.0 Å². The van der Waals surface area contributed by atoms with Crippen LogP contribution in [0, 0.1) is 0 Å². The van der Waals surface area contributed by atoms with Crippen LogP contribution in [-0.4, -0.2) is 32.5 Å². The second kappa shape index (κ2) is 13.1. The lowest BCUT2D eigenvalue weighted by atomic mass is 10.2. The van der Waals surface area contributed by atoms with Crippen LogP contribution in [0.3, 0.4) is 0 Å². The Labute approximate surface area is 269 Å². The van der Waals surface area contributed by atoms with E-state index in [1.165, 1.54) is 12.1 Å². The van der Waals surface area contributed by atoms with E-state index in [1.54, 1.807) is 30.3 Å². The number of carbonyl (C=O) groups excluding carboxylic acids is 3. The maximum Gasteiger partial charge on any atom is 0.436 e. The van der Waals surface area contributed by atoms with Gasteiger partial charge < -0.3 is 24.7 Å². The van der Waals surface area contributed by atoms with Gasteiger partial charge in [-0.2, -0.15) is 13.2 Å². The second-order valence-electron chi connectivity index (χ2n) is 10.6. The number of ether oxygens (including phenoxy) is 2. The quantitative estimate of drug-likeness (QED) is 0.147. The summed E-state index contributed by atoms with van der Waals surface area (Å²) < 4.78 is 52.9. The van der Waals surface area contributed by atoms with E-state index in [1.807, 2.05) is 48.0 Å². The number of benzene rings is 4. The van der Waals surface area contributed by atoms with Crippen molar-refractivity contribution < 1.29 is 37.0 Å². The molecular weight excluding hydrogens is 635 g/mol. The topological polar surface area (TPSA) is 124 Å². The highest BCUT2D eigenvalue weighted by molar-refractivity contribution is 8.11. The summed E-state index contributed by atoms with van der Waals surface area (Å²) in [7, 11) is 1.22. The second-order valence-corrected chi connectivity index (χ2v) is 12.5. The van der Waals surface area contributed by atoms with Gasteiger partial charge in [0.05, 0.1) is 27.5 Å². The number of rotatable bonds is 9. The molecule has 1 atom stereocenters. The number of aromatic nitrogens is 2. The summed E-state index contributed by atoms with van der Waals surface area (Å²) in [4.78, 5) is 40.4. The van der Waals surface area contributed by atoms with Crippen molar-refractivity contribution in [3.8, 4) is 17.2 Å². The van der Waals surface area contributed by atoms with Crippen molar-refractivity contribution in [2.45, 2.75) is 18.5 Å². The number of amides is 4. The van der Waals surface area contributed by atoms with E-state index in [-0.39, 0.29) is 29.2 Å². The molecule has 0 radical (unpaired) electrons. The third-order valence-electron chi connectivity index (χ3n) is 7.16. The van der Waals surface area contributed by atoms with Gasteiger partial charge in [-0.25, -0.2) is 19.9 Å². The maximum absolute atomic E-state index is 13.0. The lowest BCUT2D eigenvalue weighted by Crippen LogP contribution is -2.21.